The summed E-state index contributed by atoms with van der Waals surface area (Å²) in [5.41, 5.74) is 0.449. The monoisotopic (exact) mass is 258 g/mol. The fraction of sp³-hybridized carbons (Fsp3) is 0.583. The molecule has 88 valence electrons. The molecule has 1 N–H and O–H groups in total. The lowest BCUT2D eigenvalue weighted by Crippen LogP contribution is -2.21. The zero-order chi connectivity index (χ0) is 11.8. The third kappa shape index (κ3) is 2.44. The number of hydrogen-bond donors (Lipinski definition) is 1. The quantitative estimate of drug-likeness (QED) is 0.874. The summed E-state index contributed by atoms with van der Waals surface area (Å²) in [4.78, 5) is 4.19. The Balaban J connectivity index is 2.00. The van der Waals surface area contributed by atoms with Crippen LogP contribution in [0.1, 0.15) is 26.7 Å². The van der Waals surface area contributed by atoms with E-state index in [2.05, 4.69) is 24.1 Å². The van der Waals surface area contributed by atoms with Gasteiger partial charge in [-0.15, -0.1) is 0 Å². The lowest BCUT2D eigenvalue weighted by molar-refractivity contribution is 0.380. The first kappa shape index (κ1) is 12.0. The molecule has 4 heteroatoms. The second-order valence-electron chi connectivity index (χ2n) is 4.85. The number of halogens is 2. The standard InChI is InChI=1S/C12H16Cl2N2/c1-8(2)12(3-4-12)7-16-11-10(14)5-9(13)6-15-11/h5-6,8H,3-4,7H2,1-2H3,(H,15,16). The molecule has 1 fully saturated rings. The highest BCUT2D eigenvalue weighted by molar-refractivity contribution is 6.35. The van der Waals surface area contributed by atoms with Crippen molar-refractivity contribution < 1.29 is 0 Å². The van der Waals surface area contributed by atoms with E-state index in [-0.39, 0.29) is 0 Å². The van der Waals surface area contributed by atoms with E-state index in [4.69, 9.17) is 23.2 Å². The molecule has 16 heavy (non-hydrogen) atoms. The van der Waals surface area contributed by atoms with Gasteiger partial charge in [0.1, 0.15) is 5.82 Å². The van der Waals surface area contributed by atoms with E-state index in [1.54, 1.807) is 12.3 Å². The molecule has 0 saturated heterocycles. The molecule has 0 aliphatic heterocycles. The molecule has 0 spiro atoms. The van der Waals surface area contributed by atoms with Crippen molar-refractivity contribution in [1.82, 2.24) is 4.98 Å². The van der Waals surface area contributed by atoms with Crippen LogP contribution >= 0.6 is 23.2 Å². The van der Waals surface area contributed by atoms with Crippen LogP contribution in [-0.2, 0) is 0 Å². The first-order valence-corrected chi connectivity index (χ1v) is 6.34. The van der Waals surface area contributed by atoms with Gasteiger partial charge in [-0.3, -0.25) is 0 Å². The zero-order valence-corrected chi connectivity index (χ0v) is 11.1. The van der Waals surface area contributed by atoms with Crippen LogP contribution in [0.15, 0.2) is 12.3 Å². The fourth-order valence-electron chi connectivity index (χ4n) is 1.92. The van der Waals surface area contributed by atoms with Crippen LogP contribution in [0, 0.1) is 11.3 Å². The number of pyridine rings is 1. The van der Waals surface area contributed by atoms with Crippen LogP contribution in [0.25, 0.3) is 0 Å². The molecule has 1 aliphatic rings. The van der Waals surface area contributed by atoms with E-state index < -0.39 is 0 Å². The maximum absolute atomic E-state index is 6.05. The maximum atomic E-state index is 6.05. The van der Waals surface area contributed by atoms with Crippen molar-refractivity contribution in [2.75, 3.05) is 11.9 Å². The molecule has 0 radical (unpaired) electrons. The van der Waals surface area contributed by atoms with Gasteiger partial charge in [-0.2, -0.15) is 0 Å². The molecule has 0 bridgehead atoms. The number of anilines is 1. The second kappa shape index (κ2) is 4.42. The molecule has 1 saturated carbocycles. The zero-order valence-electron chi connectivity index (χ0n) is 9.56. The largest absolute Gasteiger partial charge is 0.368 e. The van der Waals surface area contributed by atoms with Crippen LogP contribution in [0.5, 0.6) is 0 Å². The number of nitrogens with one attached hydrogen (secondary N) is 1. The summed E-state index contributed by atoms with van der Waals surface area (Å²) < 4.78 is 0. The van der Waals surface area contributed by atoms with E-state index in [9.17, 15) is 0 Å². The topological polar surface area (TPSA) is 24.9 Å². The Hall–Kier alpha value is -0.470. The van der Waals surface area contributed by atoms with E-state index >= 15 is 0 Å². The van der Waals surface area contributed by atoms with Gasteiger partial charge in [-0.1, -0.05) is 37.0 Å². The van der Waals surface area contributed by atoms with Crippen molar-refractivity contribution in [3.63, 3.8) is 0 Å². The Bertz CT molecular complexity index is 387. The predicted molar refractivity (Wildman–Crippen MR) is 69.3 cm³/mol. The van der Waals surface area contributed by atoms with Crippen molar-refractivity contribution in [3.8, 4) is 0 Å². The molecule has 1 aromatic rings. The molecule has 1 aromatic heterocycles. The Labute approximate surface area is 106 Å². The minimum atomic E-state index is 0.449. The predicted octanol–water partition coefficient (Wildman–Crippen LogP) is 4.24. The minimum Gasteiger partial charge on any atom is -0.368 e. The van der Waals surface area contributed by atoms with Gasteiger partial charge in [0.25, 0.3) is 0 Å². The second-order valence-corrected chi connectivity index (χ2v) is 5.70. The van der Waals surface area contributed by atoms with E-state index in [1.165, 1.54) is 12.8 Å². The molecule has 0 aromatic carbocycles. The molecule has 1 heterocycles. The van der Waals surface area contributed by atoms with Crippen LogP contribution in [0.3, 0.4) is 0 Å². The van der Waals surface area contributed by atoms with Crippen LogP contribution in [0.4, 0.5) is 5.82 Å². The van der Waals surface area contributed by atoms with E-state index in [1.807, 2.05) is 0 Å². The molecule has 2 rings (SSSR count). The fourth-order valence-corrected chi connectivity index (χ4v) is 2.37. The minimum absolute atomic E-state index is 0.449. The summed E-state index contributed by atoms with van der Waals surface area (Å²) in [5.74, 6) is 1.43. The van der Waals surface area contributed by atoms with Gasteiger partial charge in [-0.05, 0) is 30.2 Å². The SMILES string of the molecule is CC(C)C1(CNc2ncc(Cl)cc2Cl)CC1. The maximum Gasteiger partial charge on any atom is 0.144 e. The number of aromatic nitrogens is 1. The molecular formula is C12H16Cl2N2. The van der Waals surface area contributed by atoms with Crippen LogP contribution < -0.4 is 5.32 Å². The number of nitrogens with zero attached hydrogens (tertiary/aromatic N) is 1. The highest BCUT2D eigenvalue weighted by Gasteiger charge is 2.45. The van der Waals surface area contributed by atoms with Crippen molar-refractivity contribution in [2.45, 2.75) is 26.7 Å². The van der Waals surface area contributed by atoms with Gasteiger partial charge in [0.15, 0.2) is 0 Å². The lowest BCUT2D eigenvalue weighted by Gasteiger charge is -2.20. The van der Waals surface area contributed by atoms with Gasteiger partial charge in [-0.25, -0.2) is 4.98 Å². The molecule has 1 aliphatic carbocycles. The normalized spacial score (nSPS) is 17.6. The average Bonchev–Trinajstić information content (AvgIpc) is 2.97. The highest BCUT2D eigenvalue weighted by atomic mass is 35.5. The molecular weight excluding hydrogens is 243 g/mol. The highest BCUT2D eigenvalue weighted by Crippen LogP contribution is 2.51. The Morgan fingerprint density at radius 2 is 2.12 bits per heavy atom. The van der Waals surface area contributed by atoms with E-state index in [0.717, 1.165) is 12.4 Å². The van der Waals surface area contributed by atoms with Crippen LogP contribution in [0.2, 0.25) is 10.0 Å². The van der Waals surface area contributed by atoms with Crippen molar-refractivity contribution in [3.05, 3.63) is 22.3 Å². The average molecular weight is 259 g/mol. The summed E-state index contributed by atoms with van der Waals surface area (Å²) in [6.07, 6.45) is 4.20. The first-order chi connectivity index (χ1) is 7.53. The van der Waals surface area contributed by atoms with Crippen molar-refractivity contribution in [1.29, 1.82) is 0 Å². The molecule has 0 atom stereocenters. The summed E-state index contributed by atoms with van der Waals surface area (Å²) in [5, 5.41) is 4.48. The summed E-state index contributed by atoms with van der Waals surface area (Å²) >= 11 is 11.8. The first-order valence-electron chi connectivity index (χ1n) is 5.58. The van der Waals surface area contributed by atoms with Crippen molar-refractivity contribution >= 4 is 29.0 Å². The van der Waals surface area contributed by atoms with E-state index in [0.29, 0.717) is 21.4 Å². The Morgan fingerprint density at radius 3 is 2.62 bits per heavy atom. The third-order valence-electron chi connectivity index (χ3n) is 3.53. The van der Waals surface area contributed by atoms with Gasteiger partial charge in [0.2, 0.25) is 0 Å². The van der Waals surface area contributed by atoms with Crippen molar-refractivity contribution in [2.24, 2.45) is 11.3 Å². The van der Waals surface area contributed by atoms with Gasteiger partial charge in [0, 0.05) is 12.7 Å². The molecule has 2 nitrogen and oxygen atoms in total. The number of hydrogen-bond acceptors (Lipinski definition) is 2. The smallest absolute Gasteiger partial charge is 0.144 e. The summed E-state index contributed by atoms with van der Waals surface area (Å²) in [7, 11) is 0. The van der Waals surface area contributed by atoms with Gasteiger partial charge in [0.05, 0.1) is 10.0 Å². The Morgan fingerprint density at radius 1 is 1.44 bits per heavy atom. The van der Waals surface area contributed by atoms with Gasteiger partial charge >= 0.3 is 0 Å². The summed E-state index contributed by atoms with van der Waals surface area (Å²) in [6, 6.07) is 1.72. The summed E-state index contributed by atoms with van der Waals surface area (Å²) in [6.45, 7) is 5.48. The Kier molecular flexibility index (Phi) is 3.32. The lowest BCUT2D eigenvalue weighted by atomic mass is 9.92. The molecule has 0 amide bonds. The van der Waals surface area contributed by atoms with Gasteiger partial charge < -0.3 is 5.32 Å². The number of rotatable bonds is 4. The van der Waals surface area contributed by atoms with Crippen LogP contribution in [-0.4, -0.2) is 11.5 Å². The molecule has 0 unspecified atom stereocenters. The third-order valence-corrected chi connectivity index (χ3v) is 4.03.